The average molecular weight is 521 g/mol. The molecule has 6 nitrogen and oxygen atoms in total. The number of hydrogen-bond donors (Lipinski definition) is 1. The maximum absolute atomic E-state index is 11.0. The first-order valence-electron chi connectivity index (χ1n) is 7.02. The molecule has 0 bridgehead atoms. The largest absolute Gasteiger partial charge is 0.493 e. The maximum Gasteiger partial charge on any atom is 0.211 e. The first-order valence-corrected chi connectivity index (χ1v) is 8.36. The van der Waals surface area contributed by atoms with Gasteiger partial charge in [-0.3, -0.25) is 9.59 Å². The van der Waals surface area contributed by atoms with Crippen molar-refractivity contribution in [3.05, 3.63) is 66.0 Å². The van der Waals surface area contributed by atoms with Crippen LogP contribution in [-0.2, 0) is 21.1 Å². The van der Waals surface area contributed by atoms with Crippen molar-refractivity contribution in [2.75, 3.05) is 0 Å². The second-order valence-electron chi connectivity index (χ2n) is 4.77. The summed E-state index contributed by atoms with van der Waals surface area (Å²) >= 11 is 0. The van der Waals surface area contributed by atoms with Crippen LogP contribution in [0.25, 0.3) is 0 Å². The van der Waals surface area contributed by atoms with Gasteiger partial charge < -0.3 is 5.11 Å². The van der Waals surface area contributed by atoms with Gasteiger partial charge in [0.25, 0.3) is 0 Å². The Hall–Kier alpha value is -2.29. The van der Waals surface area contributed by atoms with E-state index in [-0.39, 0.29) is 26.9 Å². The van der Waals surface area contributed by atoms with Gasteiger partial charge in [-0.05, 0) is 30.3 Å². The summed E-state index contributed by atoms with van der Waals surface area (Å²) in [4.78, 5) is 34.9. The van der Waals surface area contributed by atoms with Gasteiger partial charge in [-0.2, -0.15) is 0 Å². The van der Waals surface area contributed by atoms with Crippen LogP contribution >= 0.6 is 7.92 Å². The number of hydrogen-bond acceptors (Lipinski definition) is 6. The number of aromatic hydroxyl groups is 1. The summed E-state index contributed by atoms with van der Waals surface area (Å²) in [5.41, 5.74) is 2.40. The molecule has 0 aliphatic heterocycles. The molecule has 0 unspecified atom stereocenters. The first-order chi connectivity index (χ1) is 11.7. The zero-order valence-corrected chi connectivity index (χ0v) is 16.6. The molecule has 0 saturated carbocycles. The van der Waals surface area contributed by atoms with Gasteiger partial charge in [-0.1, -0.05) is 18.2 Å². The van der Waals surface area contributed by atoms with E-state index in [4.69, 9.17) is 0 Å². The van der Waals surface area contributed by atoms with E-state index in [1.807, 2.05) is 0 Å². The molecule has 1 N–H and O–H groups in total. The molecule has 0 saturated heterocycles. The minimum absolute atomic E-state index is 0. The summed E-state index contributed by atoms with van der Waals surface area (Å²) < 4.78 is 0. The minimum atomic E-state index is -1.32. The van der Waals surface area contributed by atoms with Crippen LogP contribution in [0.4, 0.5) is 0 Å². The summed E-state index contributed by atoms with van der Waals surface area (Å²) in [5, 5.41) is 9.70. The predicted octanol–water partition coefficient (Wildman–Crippen LogP) is 0.958. The average Bonchev–Trinajstić information content (AvgIpc) is 2.62. The molecule has 8 heteroatoms. The standard InChI is InChI=1S/C17H12N3O3P.W/c21-10-12-4-1-7-15(18-12)24(17-9-3-6-14(23)20-17)16-8-2-5-13(11-22)19-16;/h1-11H,(H,20,23);. The number of aromatic nitrogens is 3. The zero-order chi connectivity index (χ0) is 16.9. The van der Waals surface area contributed by atoms with Crippen LogP contribution in [0.15, 0.2) is 54.6 Å². The third kappa shape index (κ3) is 4.41. The number of aldehydes is 2. The Morgan fingerprint density at radius 2 is 1.16 bits per heavy atom. The Labute approximate surface area is 159 Å². The molecule has 3 heterocycles. The van der Waals surface area contributed by atoms with Crippen LogP contribution in [-0.4, -0.2) is 32.6 Å². The normalized spacial score (nSPS) is 10.1. The number of carbonyl (C=O) groups is 2. The Bertz CT molecular complexity index is 856. The summed E-state index contributed by atoms with van der Waals surface area (Å²) in [6.07, 6.45) is 1.34. The summed E-state index contributed by atoms with van der Waals surface area (Å²) in [7, 11) is -1.32. The quantitative estimate of drug-likeness (QED) is 0.398. The van der Waals surface area contributed by atoms with Gasteiger partial charge in [0.2, 0.25) is 5.88 Å². The van der Waals surface area contributed by atoms with E-state index in [0.29, 0.717) is 40.3 Å². The number of carbonyl (C=O) groups excluding carboxylic acids is 2. The molecule has 3 aromatic heterocycles. The van der Waals surface area contributed by atoms with Crippen molar-refractivity contribution in [1.29, 1.82) is 0 Å². The molecule has 0 aliphatic carbocycles. The van der Waals surface area contributed by atoms with Crippen molar-refractivity contribution < 1.29 is 35.8 Å². The Morgan fingerprint density at radius 1 is 0.720 bits per heavy atom. The monoisotopic (exact) mass is 521 g/mol. The second-order valence-corrected chi connectivity index (χ2v) is 6.81. The molecule has 0 fully saturated rings. The van der Waals surface area contributed by atoms with Crippen LogP contribution in [0, 0.1) is 0 Å². The van der Waals surface area contributed by atoms with E-state index in [1.165, 1.54) is 6.07 Å². The molecule has 3 aromatic rings. The fourth-order valence-electron chi connectivity index (χ4n) is 2.15. The smallest absolute Gasteiger partial charge is 0.211 e. The molecule has 0 aliphatic rings. The van der Waals surface area contributed by atoms with E-state index in [0.717, 1.165) is 0 Å². The molecule has 0 radical (unpaired) electrons. The minimum Gasteiger partial charge on any atom is -0.493 e. The topological polar surface area (TPSA) is 93.0 Å². The van der Waals surface area contributed by atoms with Gasteiger partial charge in [0.05, 0.1) is 16.3 Å². The number of nitrogens with zero attached hydrogens (tertiary/aromatic N) is 3. The Balaban J connectivity index is 0.00000225. The van der Waals surface area contributed by atoms with Crippen molar-refractivity contribution in [1.82, 2.24) is 15.0 Å². The summed E-state index contributed by atoms with van der Waals surface area (Å²) in [6, 6.07) is 15.1. The second kappa shape index (κ2) is 8.70. The fraction of sp³-hybridized carbons (Fsp3) is 0. The molecular weight excluding hydrogens is 509 g/mol. The molecule has 0 spiro atoms. The summed E-state index contributed by atoms with van der Waals surface area (Å²) in [5.74, 6) is -0.113. The van der Waals surface area contributed by atoms with Crippen molar-refractivity contribution in [2.24, 2.45) is 0 Å². The van der Waals surface area contributed by atoms with Crippen molar-refractivity contribution in [3.8, 4) is 5.88 Å². The molecular formula is C17H12N3O3PW. The number of pyridine rings is 3. The Morgan fingerprint density at radius 3 is 1.60 bits per heavy atom. The molecule has 0 atom stereocenters. The van der Waals surface area contributed by atoms with Crippen LogP contribution in [0.2, 0.25) is 0 Å². The van der Waals surface area contributed by atoms with Crippen LogP contribution in [0.1, 0.15) is 21.0 Å². The van der Waals surface area contributed by atoms with Gasteiger partial charge in [0.15, 0.2) is 12.6 Å². The third-order valence-electron chi connectivity index (χ3n) is 3.16. The fourth-order valence-corrected chi connectivity index (χ4v) is 4.19. The molecule has 0 aromatic carbocycles. The zero-order valence-electron chi connectivity index (χ0n) is 12.8. The van der Waals surface area contributed by atoms with Gasteiger partial charge in [0.1, 0.15) is 11.4 Å². The van der Waals surface area contributed by atoms with Crippen LogP contribution < -0.4 is 16.3 Å². The molecule has 0 amide bonds. The van der Waals surface area contributed by atoms with Gasteiger partial charge in [-0.25, -0.2) is 15.0 Å². The van der Waals surface area contributed by atoms with Gasteiger partial charge in [0, 0.05) is 35.1 Å². The van der Waals surface area contributed by atoms with E-state index >= 15 is 0 Å². The van der Waals surface area contributed by atoms with E-state index in [9.17, 15) is 14.7 Å². The van der Waals surface area contributed by atoms with Crippen molar-refractivity contribution in [3.63, 3.8) is 0 Å². The SMILES string of the molecule is O=Cc1cccc(P(c2cccc(O)n2)c2cccc(C=O)n2)n1.[W]. The van der Waals surface area contributed by atoms with Gasteiger partial charge >= 0.3 is 0 Å². The van der Waals surface area contributed by atoms with Crippen LogP contribution in [0.3, 0.4) is 0 Å². The van der Waals surface area contributed by atoms with Gasteiger partial charge in [-0.15, -0.1) is 0 Å². The van der Waals surface area contributed by atoms with Crippen molar-refractivity contribution in [2.45, 2.75) is 0 Å². The summed E-state index contributed by atoms with van der Waals surface area (Å²) in [6.45, 7) is 0. The number of rotatable bonds is 5. The third-order valence-corrected chi connectivity index (χ3v) is 5.28. The van der Waals surface area contributed by atoms with Crippen molar-refractivity contribution >= 4 is 36.8 Å². The molecule has 3 rings (SSSR count). The van der Waals surface area contributed by atoms with E-state index < -0.39 is 7.92 Å². The molecule has 25 heavy (non-hydrogen) atoms. The Kier molecular flexibility index (Phi) is 6.63. The predicted molar refractivity (Wildman–Crippen MR) is 91.0 cm³/mol. The maximum atomic E-state index is 11.0. The van der Waals surface area contributed by atoms with E-state index in [2.05, 4.69) is 15.0 Å². The van der Waals surface area contributed by atoms with E-state index in [1.54, 1.807) is 48.5 Å². The first kappa shape index (κ1) is 19.0. The molecule has 124 valence electrons. The van der Waals surface area contributed by atoms with Crippen LogP contribution in [0.5, 0.6) is 5.88 Å².